The van der Waals surface area contributed by atoms with Crippen molar-refractivity contribution in [1.29, 1.82) is 0 Å². The van der Waals surface area contributed by atoms with Crippen molar-refractivity contribution in [1.82, 2.24) is 10.3 Å². The van der Waals surface area contributed by atoms with Gasteiger partial charge in [0.05, 0.1) is 10.7 Å². The molecule has 3 nitrogen and oxygen atoms in total. The van der Waals surface area contributed by atoms with Gasteiger partial charge < -0.3 is 10.2 Å². The Morgan fingerprint density at radius 3 is 2.84 bits per heavy atom. The third-order valence-corrected chi connectivity index (χ3v) is 4.30. The monoisotopic (exact) mass is 297 g/mol. The van der Waals surface area contributed by atoms with E-state index in [2.05, 4.69) is 15.2 Å². The minimum atomic E-state index is -0.327. The van der Waals surface area contributed by atoms with Gasteiger partial charge in [-0.3, -0.25) is 0 Å². The Kier molecular flexibility index (Phi) is 3.68. The average Bonchev–Trinajstić information content (AvgIpc) is 2.89. The van der Waals surface area contributed by atoms with E-state index in [1.165, 1.54) is 12.1 Å². The molecule has 1 aromatic carbocycles. The van der Waals surface area contributed by atoms with E-state index >= 15 is 0 Å². The second kappa shape index (κ2) is 5.45. The molecule has 19 heavy (non-hydrogen) atoms. The van der Waals surface area contributed by atoms with Crippen molar-refractivity contribution in [2.45, 2.75) is 0 Å². The third kappa shape index (κ3) is 2.73. The smallest absolute Gasteiger partial charge is 0.185 e. The van der Waals surface area contributed by atoms with Gasteiger partial charge in [-0.2, -0.15) is 0 Å². The molecule has 1 aliphatic heterocycles. The second-order valence-corrected chi connectivity index (χ2v) is 5.62. The molecule has 1 aromatic heterocycles. The van der Waals surface area contributed by atoms with E-state index in [1.54, 1.807) is 17.4 Å². The van der Waals surface area contributed by atoms with Crippen LogP contribution in [0, 0.1) is 5.82 Å². The van der Waals surface area contributed by atoms with Crippen molar-refractivity contribution in [2.75, 3.05) is 31.1 Å². The maximum Gasteiger partial charge on any atom is 0.185 e. The van der Waals surface area contributed by atoms with Gasteiger partial charge in [0.25, 0.3) is 0 Å². The number of benzene rings is 1. The lowest BCUT2D eigenvalue weighted by Crippen LogP contribution is -2.43. The van der Waals surface area contributed by atoms with Crippen LogP contribution in [0.15, 0.2) is 23.6 Å². The van der Waals surface area contributed by atoms with Crippen molar-refractivity contribution in [3.05, 3.63) is 34.4 Å². The number of thiazole rings is 1. The first kappa shape index (κ1) is 12.8. The van der Waals surface area contributed by atoms with Gasteiger partial charge in [0, 0.05) is 37.1 Å². The molecule has 1 N–H and O–H groups in total. The van der Waals surface area contributed by atoms with Gasteiger partial charge >= 0.3 is 0 Å². The molecular formula is C13H13ClFN3S. The molecule has 0 radical (unpaired) electrons. The number of rotatable bonds is 2. The Morgan fingerprint density at radius 1 is 1.32 bits per heavy atom. The Bertz CT molecular complexity index is 581. The van der Waals surface area contributed by atoms with E-state index in [0.717, 1.165) is 42.6 Å². The number of piperazine rings is 1. The number of anilines is 1. The Morgan fingerprint density at radius 2 is 2.11 bits per heavy atom. The number of halogens is 2. The largest absolute Gasteiger partial charge is 0.346 e. The lowest BCUT2D eigenvalue weighted by Gasteiger charge is -2.26. The number of nitrogens with one attached hydrogen (secondary N) is 1. The predicted octanol–water partition coefficient (Wildman–Crippen LogP) is 3.01. The van der Waals surface area contributed by atoms with Crippen molar-refractivity contribution >= 4 is 28.1 Å². The summed E-state index contributed by atoms with van der Waals surface area (Å²) in [6.07, 6.45) is 0. The molecule has 0 unspecified atom stereocenters. The average molecular weight is 298 g/mol. The summed E-state index contributed by atoms with van der Waals surface area (Å²) in [5.41, 5.74) is 1.59. The predicted molar refractivity (Wildman–Crippen MR) is 77.6 cm³/mol. The number of aromatic nitrogens is 1. The molecule has 0 aliphatic carbocycles. The summed E-state index contributed by atoms with van der Waals surface area (Å²) in [4.78, 5) is 6.86. The van der Waals surface area contributed by atoms with Crippen LogP contribution in [0.5, 0.6) is 0 Å². The van der Waals surface area contributed by atoms with E-state index in [-0.39, 0.29) is 5.82 Å². The molecule has 0 saturated carbocycles. The van der Waals surface area contributed by atoms with E-state index in [1.807, 2.05) is 5.38 Å². The summed E-state index contributed by atoms with van der Waals surface area (Å²) in [6.45, 7) is 3.88. The van der Waals surface area contributed by atoms with Crippen molar-refractivity contribution in [2.24, 2.45) is 0 Å². The molecule has 100 valence electrons. The quantitative estimate of drug-likeness (QED) is 0.923. The minimum absolute atomic E-state index is 0.327. The van der Waals surface area contributed by atoms with Gasteiger partial charge in [0.15, 0.2) is 5.13 Å². The molecule has 1 aliphatic rings. The van der Waals surface area contributed by atoms with Crippen LogP contribution < -0.4 is 10.2 Å². The van der Waals surface area contributed by atoms with E-state index in [4.69, 9.17) is 11.6 Å². The Balaban J connectivity index is 1.87. The van der Waals surface area contributed by atoms with Crippen LogP contribution in [0.4, 0.5) is 9.52 Å². The summed E-state index contributed by atoms with van der Waals surface area (Å²) in [7, 11) is 0. The van der Waals surface area contributed by atoms with Crippen LogP contribution >= 0.6 is 22.9 Å². The van der Waals surface area contributed by atoms with Gasteiger partial charge in [0.1, 0.15) is 5.82 Å². The first-order valence-corrected chi connectivity index (χ1v) is 7.36. The Labute approximate surface area is 120 Å². The zero-order chi connectivity index (χ0) is 13.2. The van der Waals surface area contributed by atoms with E-state index in [0.29, 0.717) is 5.02 Å². The number of hydrogen-bond acceptors (Lipinski definition) is 4. The maximum absolute atomic E-state index is 13.0. The first-order valence-electron chi connectivity index (χ1n) is 6.10. The summed E-state index contributed by atoms with van der Waals surface area (Å²) < 4.78 is 13.0. The Hall–Kier alpha value is -1.17. The van der Waals surface area contributed by atoms with Crippen LogP contribution in [-0.4, -0.2) is 31.2 Å². The van der Waals surface area contributed by atoms with E-state index in [9.17, 15) is 4.39 Å². The molecule has 1 fully saturated rings. The third-order valence-electron chi connectivity index (χ3n) is 3.09. The summed E-state index contributed by atoms with van der Waals surface area (Å²) in [5.74, 6) is -0.327. The highest BCUT2D eigenvalue weighted by Crippen LogP contribution is 2.32. The highest BCUT2D eigenvalue weighted by atomic mass is 35.5. The molecule has 1 saturated heterocycles. The fraction of sp³-hybridized carbons (Fsp3) is 0.308. The SMILES string of the molecule is Fc1ccc(-c2csc(N3CCNCC3)n2)c(Cl)c1. The minimum Gasteiger partial charge on any atom is -0.346 e. The number of nitrogens with zero attached hydrogens (tertiary/aromatic N) is 2. The van der Waals surface area contributed by atoms with E-state index < -0.39 is 0 Å². The van der Waals surface area contributed by atoms with Crippen LogP contribution in [-0.2, 0) is 0 Å². The number of hydrogen-bond donors (Lipinski definition) is 1. The van der Waals surface area contributed by atoms with Gasteiger partial charge in [-0.25, -0.2) is 9.37 Å². The molecule has 0 bridgehead atoms. The van der Waals surface area contributed by atoms with Gasteiger partial charge in [0.2, 0.25) is 0 Å². The fourth-order valence-electron chi connectivity index (χ4n) is 2.09. The zero-order valence-corrected chi connectivity index (χ0v) is 11.8. The zero-order valence-electron chi connectivity index (χ0n) is 10.2. The first-order chi connectivity index (χ1) is 9.24. The van der Waals surface area contributed by atoms with Gasteiger partial charge in [-0.15, -0.1) is 11.3 Å². The van der Waals surface area contributed by atoms with Crippen LogP contribution in [0.2, 0.25) is 5.02 Å². The lowest BCUT2D eigenvalue weighted by molar-refractivity contribution is 0.588. The standard InChI is InChI=1S/C13H13ClFN3S/c14-11-7-9(15)1-2-10(11)12-8-19-13(17-12)18-5-3-16-4-6-18/h1-2,7-8,16H,3-6H2. The van der Waals surface area contributed by atoms with Gasteiger partial charge in [-0.05, 0) is 18.2 Å². The highest BCUT2D eigenvalue weighted by molar-refractivity contribution is 7.14. The van der Waals surface area contributed by atoms with Gasteiger partial charge in [-0.1, -0.05) is 11.6 Å². The summed E-state index contributed by atoms with van der Waals surface area (Å²) >= 11 is 7.66. The molecule has 3 rings (SSSR count). The molecule has 0 atom stereocenters. The highest BCUT2D eigenvalue weighted by Gasteiger charge is 2.15. The molecule has 0 spiro atoms. The topological polar surface area (TPSA) is 28.2 Å². The van der Waals surface area contributed by atoms with Crippen LogP contribution in [0.1, 0.15) is 0 Å². The molecular weight excluding hydrogens is 285 g/mol. The summed E-state index contributed by atoms with van der Waals surface area (Å²) in [5, 5.41) is 6.68. The molecule has 2 heterocycles. The molecule has 6 heteroatoms. The van der Waals surface area contributed by atoms with Crippen LogP contribution in [0.25, 0.3) is 11.3 Å². The second-order valence-electron chi connectivity index (χ2n) is 4.38. The lowest BCUT2D eigenvalue weighted by atomic mass is 10.2. The molecule has 2 aromatic rings. The van der Waals surface area contributed by atoms with Crippen LogP contribution in [0.3, 0.4) is 0 Å². The van der Waals surface area contributed by atoms with Crippen molar-refractivity contribution in [3.8, 4) is 11.3 Å². The maximum atomic E-state index is 13.0. The molecule has 0 amide bonds. The normalized spacial score (nSPS) is 15.8. The van der Waals surface area contributed by atoms with Crippen molar-refractivity contribution < 1.29 is 4.39 Å². The fourth-order valence-corrected chi connectivity index (χ4v) is 3.23. The summed E-state index contributed by atoms with van der Waals surface area (Å²) in [6, 6.07) is 4.40. The van der Waals surface area contributed by atoms with Crippen molar-refractivity contribution in [3.63, 3.8) is 0 Å².